The number of hydrogen-bond donors (Lipinski definition) is 2. The molecule has 0 atom stereocenters. The molecule has 0 heterocycles. The summed E-state index contributed by atoms with van der Waals surface area (Å²) in [5.41, 5.74) is 5.91. The normalized spacial score (nSPS) is 9.23. The molecule has 0 bridgehead atoms. The van der Waals surface area contributed by atoms with Crippen molar-refractivity contribution in [3.05, 3.63) is 27.7 Å². The molecule has 0 saturated heterocycles. The molecule has 0 amide bonds. The molecule has 0 fully saturated rings. The number of nitrogens with two attached hydrogens (primary N) is 1. The molecule has 0 saturated carbocycles. The number of hydrogen-bond acceptors (Lipinski definition) is 3. The van der Waals surface area contributed by atoms with E-state index in [0.717, 1.165) is 0 Å². The highest BCUT2D eigenvalue weighted by atomic mass is 79.9. The zero-order valence-corrected chi connectivity index (χ0v) is 8.00. The van der Waals surface area contributed by atoms with E-state index in [2.05, 4.69) is 15.9 Å². The molecule has 1 aromatic carbocycles. The SMILES string of the molecule is N#Cc1cc(Br)c(C(=O)O)cc1N. The maximum absolute atomic E-state index is 10.6. The van der Waals surface area contributed by atoms with E-state index in [9.17, 15) is 4.79 Å². The van der Waals surface area contributed by atoms with Gasteiger partial charge in [-0.15, -0.1) is 0 Å². The van der Waals surface area contributed by atoms with Crippen LogP contribution in [0.5, 0.6) is 0 Å². The van der Waals surface area contributed by atoms with Gasteiger partial charge in [-0.05, 0) is 28.1 Å². The molecule has 1 rings (SSSR count). The van der Waals surface area contributed by atoms with Gasteiger partial charge in [-0.1, -0.05) is 0 Å². The molecular weight excluding hydrogens is 236 g/mol. The first-order valence-corrected chi connectivity index (χ1v) is 4.08. The summed E-state index contributed by atoms with van der Waals surface area (Å²) in [4.78, 5) is 10.6. The minimum Gasteiger partial charge on any atom is -0.478 e. The number of nitrogen functional groups attached to an aromatic ring is 1. The van der Waals surface area contributed by atoms with Gasteiger partial charge in [0.05, 0.1) is 16.8 Å². The van der Waals surface area contributed by atoms with Gasteiger partial charge in [-0.3, -0.25) is 0 Å². The molecule has 0 unspecified atom stereocenters. The van der Waals surface area contributed by atoms with Crippen molar-refractivity contribution in [3.8, 4) is 6.07 Å². The zero-order valence-electron chi connectivity index (χ0n) is 6.41. The van der Waals surface area contributed by atoms with E-state index in [0.29, 0.717) is 4.47 Å². The van der Waals surface area contributed by atoms with Gasteiger partial charge >= 0.3 is 5.97 Å². The van der Waals surface area contributed by atoms with Gasteiger partial charge in [-0.2, -0.15) is 5.26 Å². The van der Waals surface area contributed by atoms with Gasteiger partial charge in [0.25, 0.3) is 0 Å². The summed E-state index contributed by atoms with van der Waals surface area (Å²) in [5.74, 6) is -1.08. The van der Waals surface area contributed by atoms with Crippen molar-refractivity contribution in [2.75, 3.05) is 5.73 Å². The fourth-order valence-electron chi connectivity index (χ4n) is 0.851. The summed E-state index contributed by atoms with van der Waals surface area (Å²) >= 11 is 3.04. The van der Waals surface area contributed by atoms with Crippen LogP contribution in [0, 0.1) is 11.3 Å². The Morgan fingerprint density at radius 2 is 2.23 bits per heavy atom. The van der Waals surface area contributed by atoms with Crippen LogP contribution < -0.4 is 5.73 Å². The van der Waals surface area contributed by atoms with Crippen molar-refractivity contribution >= 4 is 27.6 Å². The monoisotopic (exact) mass is 240 g/mol. The van der Waals surface area contributed by atoms with Crippen LogP contribution in [-0.4, -0.2) is 11.1 Å². The molecule has 0 spiro atoms. The summed E-state index contributed by atoms with van der Waals surface area (Å²) in [6.45, 7) is 0. The van der Waals surface area contributed by atoms with E-state index in [4.69, 9.17) is 16.1 Å². The van der Waals surface area contributed by atoms with E-state index >= 15 is 0 Å². The minimum atomic E-state index is -1.08. The molecule has 4 nitrogen and oxygen atoms in total. The van der Waals surface area contributed by atoms with Crippen molar-refractivity contribution in [2.45, 2.75) is 0 Å². The number of carboxylic acid groups (broad SMARTS) is 1. The maximum Gasteiger partial charge on any atom is 0.336 e. The lowest BCUT2D eigenvalue weighted by Crippen LogP contribution is -2.01. The van der Waals surface area contributed by atoms with E-state index < -0.39 is 5.97 Å². The summed E-state index contributed by atoms with van der Waals surface area (Å²) < 4.78 is 0.353. The van der Waals surface area contributed by atoms with Crippen molar-refractivity contribution < 1.29 is 9.90 Å². The van der Waals surface area contributed by atoms with Crippen LogP contribution in [-0.2, 0) is 0 Å². The van der Waals surface area contributed by atoms with E-state index in [1.165, 1.54) is 12.1 Å². The Kier molecular flexibility index (Phi) is 2.54. The average molecular weight is 241 g/mol. The number of nitrogens with zero attached hydrogens (tertiary/aromatic N) is 1. The Hall–Kier alpha value is -1.54. The lowest BCUT2D eigenvalue weighted by atomic mass is 10.1. The summed E-state index contributed by atoms with van der Waals surface area (Å²) in [6.07, 6.45) is 0. The summed E-state index contributed by atoms with van der Waals surface area (Å²) in [6, 6.07) is 4.50. The first-order valence-electron chi connectivity index (χ1n) is 3.28. The van der Waals surface area contributed by atoms with Gasteiger partial charge in [0, 0.05) is 4.47 Å². The third kappa shape index (κ3) is 1.79. The number of benzene rings is 1. The number of rotatable bonds is 1. The predicted molar refractivity (Wildman–Crippen MR) is 50.2 cm³/mol. The third-order valence-corrected chi connectivity index (χ3v) is 2.15. The molecule has 0 aromatic heterocycles. The van der Waals surface area contributed by atoms with Crippen LogP contribution in [0.2, 0.25) is 0 Å². The highest BCUT2D eigenvalue weighted by Crippen LogP contribution is 2.23. The quantitative estimate of drug-likeness (QED) is 0.731. The van der Waals surface area contributed by atoms with E-state index in [-0.39, 0.29) is 16.8 Å². The van der Waals surface area contributed by atoms with Crippen molar-refractivity contribution in [1.29, 1.82) is 5.26 Å². The number of carbonyl (C=O) groups is 1. The van der Waals surface area contributed by atoms with E-state index in [1.54, 1.807) is 0 Å². The molecular formula is C8H5BrN2O2. The Morgan fingerprint density at radius 1 is 1.62 bits per heavy atom. The Morgan fingerprint density at radius 3 is 2.69 bits per heavy atom. The average Bonchev–Trinajstić information content (AvgIpc) is 2.07. The molecule has 5 heteroatoms. The second kappa shape index (κ2) is 3.46. The smallest absolute Gasteiger partial charge is 0.336 e. The van der Waals surface area contributed by atoms with Gasteiger partial charge < -0.3 is 10.8 Å². The molecule has 0 radical (unpaired) electrons. The van der Waals surface area contributed by atoms with Gasteiger partial charge in [0.1, 0.15) is 6.07 Å². The summed E-state index contributed by atoms with van der Waals surface area (Å²) in [7, 11) is 0. The standard InChI is InChI=1S/C8H5BrN2O2/c9-6-1-4(3-10)7(11)2-5(6)8(12)13/h1-2H,11H2,(H,12,13). The number of anilines is 1. The topological polar surface area (TPSA) is 87.1 Å². The van der Waals surface area contributed by atoms with Crippen molar-refractivity contribution in [1.82, 2.24) is 0 Å². The van der Waals surface area contributed by atoms with Crippen LogP contribution >= 0.6 is 15.9 Å². The lowest BCUT2D eigenvalue weighted by molar-refractivity contribution is 0.0696. The number of aromatic carboxylic acids is 1. The van der Waals surface area contributed by atoms with Crippen LogP contribution in [0.25, 0.3) is 0 Å². The minimum absolute atomic E-state index is 0.0523. The molecule has 0 aliphatic heterocycles. The largest absolute Gasteiger partial charge is 0.478 e. The Labute approximate surface area is 82.7 Å². The van der Waals surface area contributed by atoms with Crippen LogP contribution in [0.3, 0.4) is 0 Å². The zero-order chi connectivity index (χ0) is 10.0. The van der Waals surface area contributed by atoms with Crippen molar-refractivity contribution in [3.63, 3.8) is 0 Å². The van der Waals surface area contributed by atoms with Gasteiger partial charge in [0.15, 0.2) is 0 Å². The maximum atomic E-state index is 10.6. The van der Waals surface area contributed by atoms with Gasteiger partial charge in [-0.25, -0.2) is 4.79 Å². The molecule has 3 N–H and O–H groups in total. The van der Waals surface area contributed by atoms with Crippen molar-refractivity contribution in [2.24, 2.45) is 0 Å². The van der Waals surface area contributed by atoms with Crippen LogP contribution in [0.1, 0.15) is 15.9 Å². The lowest BCUT2D eigenvalue weighted by Gasteiger charge is -2.02. The first kappa shape index (κ1) is 9.55. The summed E-state index contributed by atoms with van der Waals surface area (Å²) in [5, 5.41) is 17.3. The molecule has 0 aliphatic carbocycles. The molecule has 0 aliphatic rings. The Balaban J connectivity index is 3.39. The second-order valence-electron chi connectivity index (χ2n) is 2.34. The Bertz CT molecular complexity index is 409. The third-order valence-electron chi connectivity index (χ3n) is 1.49. The highest BCUT2D eigenvalue weighted by Gasteiger charge is 2.11. The van der Waals surface area contributed by atoms with Crippen LogP contribution in [0.15, 0.2) is 16.6 Å². The number of nitriles is 1. The number of carboxylic acids is 1. The number of halogens is 1. The van der Waals surface area contributed by atoms with Crippen LogP contribution in [0.4, 0.5) is 5.69 Å². The molecule has 66 valence electrons. The fourth-order valence-corrected chi connectivity index (χ4v) is 1.36. The van der Waals surface area contributed by atoms with Gasteiger partial charge in [0.2, 0.25) is 0 Å². The van der Waals surface area contributed by atoms with E-state index in [1.807, 2.05) is 6.07 Å². The second-order valence-corrected chi connectivity index (χ2v) is 3.19. The predicted octanol–water partition coefficient (Wildman–Crippen LogP) is 1.60. The highest BCUT2D eigenvalue weighted by molar-refractivity contribution is 9.10. The molecule has 1 aromatic rings. The first-order chi connectivity index (χ1) is 6.06. The molecule has 13 heavy (non-hydrogen) atoms. The fraction of sp³-hybridized carbons (Fsp3) is 0.